The number of hydrogen-bond donors (Lipinski definition) is 1. The monoisotopic (exact) mass is 324 g/mol. The van der Waals surface area contributed by atoms with E-state index in [-0.39, 0.29) is 6.61 Å². The lowest BCUT2D eigenvalue weighted by molar-refractivity contribution is 0.279. The summed E-state index contributed by atoms with van der Waals surface area (Å²) in [5.74, 6) is 1.62. The first-order valence-corrected chi connectivity index (χ1v) is 8.47. The van der Waals surface area contributed by atoms with Crippen LogP contribution in [0.3, 0.4) is 0 Å². The molecule has 0 unspecified atom stereocenters. The molecule has 2 heterocycles. The highest BCUT2D eigenvalue weighted by molar-refractivity contribution is 7.98. The van der Waals surface area contributed by atoms with Gasteiger partial charge in [-0.25, -0.2) is 0 Å². The molecule has 2 aromatic heterocycles. The number of rotatable bonds is 5. The largest absolute Gasteiger partial charge is 0.395 e. The first-order valence-electron chi connectivity index (χ1n) is 7.48. The molecule has 6 heteroatoms. The number of aliphatic hydroxyl groups is 1. The van der Waals surface area contributed by atoms with Gasteiger partial charge in [0.2, 0.25) is 5.78 Å². The molecule has 0 fully saturated rings. The summed E-state index contributed by atoms with van der Waals surface area (Å²) in [6.45, 7) is 0.589. The molecule has 0 saturated carbocycles. The Morgan fingerprint density at radius 3 is 2.43 bits per heavy atom. The average Bonchev–Trinajstić information content (AvgIpc) is 3.14. The zero-order valence-corrected chi connectivity index (χ0v) is 13.3. The van der Waals surface area contributed by atoms with E-state index in [1.54, 1.807) is 11.8 Å². The van der Waals surface area contributed by atoms with Gasteiger partial charge in [-0.1, -0.05) is 54.2 Å². The number of para-hydroxylation sites is 2. The first kappa shape index (κ1) is 14.3. The van der Waals surface area contributed by atoms with Gasteiger partial charge in [-0.05, 0) is 17.7 Å². The van der Waals surface area contributed by atoms with E-state index >= 15 is 0 Å². The second kappa shape index (κ2) is 6.06. The molecular weight excluding hydrogens is 308 g/mol. The van der Waals surface area contributed by atoms with E-state index < -0.39 is 0 Å². The Bertz CT molecular complexity index is 945. The molecule has 116 valence electrons. The maximum atomic E-state index is 9.33. The zero-order valence-electron chi connectivity index (χ0n) is 12.5. The van der Waals surface area contributed by atoms with Crippen molar-refractivity contribution in [2.24, 2.45) is 0 Å². The highest BCUT2D eigenvalue weighted by atomic mass is 32.2. The Morgan fingerprint density at radius 1 is 0.913 bits per heavy atom. The van der Waals surface area contributed by atoms with Gasteiger partial charge in [-0.15, -0.1) is 10.2 Å². The lowest BCUT2D eigenvalue weighted by Gasteiger charge is -2.00. The average molecular weight is 324 g/mol. The fourth-order valence-electron chi connectivity index (χ4n) is 2.77. The molecule has 4 rings (SSSR count). The van der Waals surface area contributed by atoms with Crippen LogP contribution >= 0.6 is 11.8 Å². The van der Waals surface area contributed by atoms with E-state index in [1.807, 2.05) is 41.0 Å². The molecule has 0 aliphatic carbocycles. The molecule has 0 amide bonds. The van der Waals surface area contributed by atoms with Gasteiger partial charge in [0, 0.05) is 12.3 Å². The van der Waals surface area contributed by atoms with Gasteiger partial charge < -0.3 is 9.67 Å². The van der Waals surface area contributed by atoms with E-state index in [0.717, 1.165) is 27.7 Å². The molecule has 0 radical (unpaired) electrons. The van der Waals surface area contributed by atoms with Crippen LogP contribution < -0.4 is 0 Å². The topological polar surface area (TPSA) is 55.4 Å². The van der Waals surface area contributed by atoms with Crippen molar-refractivity contribution in [1.29, 1.82) is 0 Å². The van der Waals surface area contributed by atoms with Crippen molar-refractivity contribution in [2.45, 2.75) is 17.5 Å². The summed E-state index contributed by atoms with van der Waals surface area (Å²) in [7, 11) is 0. The lowest BCUT2D eigenvalue weighted by atomic mass is 10.2. The zero-order chi connectivity index (χ0) is 15.6. The molecule has 0 aliphatic heterocycles. The van der Waals surface area contributed by atoms with E-state index in [0.29, 0.717) is 6.54 Å². The summed E-state index contributed by atoms with van der Waals surface area (Å²) in [5, 5.41) is 18.9. The minimum absolute atomic E-state index is 0.0771. The molecule has 1 N–H and O–H groups in total. The second-order valence-corrected chi connectivity index (χ2v) is 6.20. The maximum absolute atomic E-state index is 9.33. The summed E-state index contributed by atoms with van der Waals surface area (Å²) in [4.78, 5) is 0. The van der Waals surface area contributed by atoms with Crippen molar-refractivity contribution in [3.05, 3.63) is 60.2 Å². The van der Waals surface area contributed by atoms with Crippen LogP contribution in [0, 0.1) is 0 Å². The molecule has 0 atom stereocenters. The lowest BCUT2D eigenvalue weighted by Crippen LogP contribution is -2.02. The van der Waals surface area contributed by atoms with Crippen molar-refractivity contribution >= 4 is 28.6 Å². The number of aromatic nitrogens is 4. The molecular formula is C17H16N4OS. The predicted molar refractivity (Wildman–Crippen MR) is 91.6 cm³/mol. The molecule has 0 aliphatic rings. The number of fused-ring (bicyclic) bond motifs is 3. The van der Waals surface area contributed by atoms with Crippen molar-refractivity contribution in [3.63, 3.8) is 0 Å². The van der Waals surface area contributed by atoms with Crippen molar-refractivity contribution in [1.82, 2.24) is 19.2 Å². The normalized spacial score (nSPS) is 11.5. The van der Waals surface area contributed by atoms with Crippen LogP contribution in [0.1, 0.15) is 5.56 Å². The molecule has 23 heavy (non-hydrogen) atoms. The van der Waals surface area contributed by atoms with Crippen molar-refractivity contribution < 1.29 is 5.11 Å². The Balaban J connectivity index is 1.78. The third-order valence-electron chi connectivity index (χ3n) is 3.81. The van der Waals surface area contributed by atoms with Gasteiger partial charge in [0.1, 0.15) is 0 Å². The Morgan fingerprint density at radius 2 is 1.65 bits per heavy atom. The van der Waals surface area contributed by atoms with Crippen LogP contribution in [-0.4, -0.2) is 30.9 Å². The van der Waals surface area contributed by atoms with Crippen LogP contribution in [0.15, 0.2) is 59.8 Å². The Hall–Kier alpha value is -2.31. The quantitative estimate of drug-likeness (QED) is 0.574. The number of aliphatic hydroxyl groups excluding tert-OH is 1. The number of hydrogen-bond acceptors (Lipinski definition) is 4. The van der Waals surface area contributed by atoms with Gasteiger partial charge >= 0.3 is 0 Å². The Kier molecular flexibility index (Phi) is 3.77. The smallest absolute Gasteiger partial charge is 0.237 e. The van der Waals surface area contributed by atoms with Crippen molar-refractivity contribution in [2.75, 3.05) is 6.61 Å². The van der Waals surface area contributed by atoms with E-state index in [9.17, 15) is 5.11 Å². The van der Waals surface area contributed by atoms with Gasteiger partial charge in [0.05, 0.1) is 17.6 Å². The molecule has 0 saturated heterocycles. The summed E-state index contributed by atoms with van der Waals surface area (Å²) in [5.41, 5.74) is 3.39. The van der Waals surface area contributed by atoms with Gasteiger partial charge in [-0.3, -0.25) is 4.40 Å². The van der Waals surface area contributed by atoms with Crippen LogP contribution in [0.4, 0.5) is 0 Å². The number of imidazole rings is 1. The molecule has 2 aromatic carbocycles. The predicted octanol–water partition coefficient (Wildman–Crippen LogP) is 2.97. The van der Waals surface area contributed by atoms with Gasteiger partial charge in [0.15, 0.2) is 5.16 Å². The number of benzene rings is 2. The molecule has 5 nitrogen and oxygen atoms in total. The summed E-state index contributed by atoms with van der Waals surface area (Å²) >= 11 is 1.67. The van der Waals surface area contributed by atoms with E-state index in [4.69, 9.17) is 0 Å². The highest BCUT2D eigenvalue weighted by Crippen LogP contribution is 2.27. The second-order valence-electron chi connectivity index (χ2n) is 5.26. The fourth-order valence-corrected chi connectivity index (χ4v) is 3.67. The first-order chi connectivity index (χ1) is 11.4. The summed E-state index contributed by atoms with van der Waals surface area (Å²) in [6.07, 6.45) is 0. The summed E-state index contributed by atoms with van der Waals surface area (Å²) in [6, 6.07) is 18.4. The van der Waals surface area contributed by atoms with Gasteiger partial charge in [0.25, 0.3) is 0 Å². The summed E-state index contributed by atoms with van der Waals surface area (Å²) < 4.78 is 4.08. The number of nitrogens with zero attached hydrogens (tertiary/aromatic N) is 4. The fraction of sp³-hybridized carbons (Fsp3) is 0.176. The third kappa shape index (κ3) is 2.50. The number of thioether (sulfide) groups is 1. The van der Waals surface area contributed by atoms with Crippen LogP contribution in [0.5, 0.6) is 0 Å². The maximum Gasteiger partial charge on any atom is 0.237 e. The van der Waals surface area contributed by atoms with Crippen molar-refractivity contribution in [3.8, 4) is 0 Å². The highest BCUT2D eigenvalue weighted by Gasteiger charge is 2.16. The third-order valence-corrected chi connectivity index (χ3v) is 4.81. The van der Waals surface area contributed by atoms with Crippen LogP contribution in [-0.2, 0) is 12.3 Å². The molecule has 0 bridgehead atoms. The Labute approximate surface area is 137 Å². The van der Waals surface area contributed by atoms with E-state index in [2.05, 4.69) is 32.8 Å². The van der Waals surface area contributed by atoms with Crippen LogP contribution in [0.2, 0.25) is 0 Å². The van der Waals surface area contributed by atoms with E-state index in [1.165, 1.54) is 5.56 Å². The minimum atomic E-state index is 0.0771. The standard InChI is InChI=1S/C17H16N4OS/c22-11-10-20-14-8-4-5-9-15(14)21-16(20)18-19-17(21)23-12-13-6-2-1-3-7-13/h1-9,22H,10-12H2. The molecule has 4 aromatic rings. The molecule has 0 spiro atoms. The SMILES string of the molecule is OCCn1c2ccccc2n2c(SCc3ccccc3)nnc12. The van der Waals surface area contributed by atoms with Crippen LogP contribution in [0.25, 0.3) is 16.8 Å². The minimum Gasteiger partial charge on any atom is -0.395 e. The van der Waals surface area contributed by atoms with Gasteiger partial charge in [-0.2, -0.15) is 0 Å².